The topological polar surface area (TPSA) is 65.1 Å². The molecular weight excluding hydrogens is 370 g/mol. The quantitative estimate of drug-likeness (QED) is 0.724. The fraction of sp³-hybridized carbons (Fsp3) is 0.391. The van der Waals surface area contributed by atoms with Crippen molar-refractivity contribution in [1.29, 1.82) is 0 Å². The Kier molecular flexibility index (Phi) is 5.69. The van der Waals surface area contributed by atoms with E-state index in [9.17, 15) is 9.59 Å². The lowest BCUT2D eigenvalue weighted by Crippen LogP contribution is -2.40. The van der Waals surface area contributed by atoms with Gasteiger partial charge in [-0.2, -0.15) is 0 Å². The van der Waals surface area contributed by atoms with Gasteiger partial charge in [0.1, 0.15) is 19.0 Å². The van der Waals surface area contributed by atoms with Gasteiger partial charge in [0.2, 0.25) is 0 Å². The summed E-state index contributed by atoms with van der Waals surface area (Å²) in [6, 6.07) is 12.7. The summed E-state index contributed by atoms with van der Waals surface area (Å²) in [7, 11) is 0. The Morgan fingerprint density at radius 1 is 1.03 bits per heavy atom. The van der Waals surface area contributed by atoms with Crippen LogP contribution in [0.3, 0.4) is 0 Å². The van der Waals surface area contributed by atoms with Crippen LogP contribution in [0.15, 0.2) is 42.5 Å². The van der Waals surface area contributed by atoms with Crippen molar-refractivity contribution in [1.82, 2.24) is 4.90 Å². The van der Waals surface area contributed by atoms with Crippen molar-refractivity contribution in [2.24, 2.45) is 5.92 Å². The average Bonchev–Trinajstić information content (AvgIpc) is 2.78. The van der Waals surface area contributed by atoms with Crippen LogP contribution < -0.4 is 14.2 Å². The molecule has 2 aromatic carbocycles. The molecule has 0 N–H and O–H groups in total. The van der Waals surface area contributed by atoms with Crippen molar-refractivity contribution in [3.8, 4) is 17.2 Å². The first-order chi connectivity index (χ1) is 14.2. The number of ether oxygens (including phenoxy) is 3. The monoisotopic (exact) mass is 395 g/mol. The van der Waals surface area contributed by atoms with Crippen molar-refractivity contribution in [2.45, 2.75) is 19.8 Å². The Hall–Kier alpha value is -3.02. The number of likely N-dealkylation sites (tertiary alicyclic amines) is 1. The number of hydrogen-bond acceptors (Lipinski definition) is 5. The SMILES string of the molecule is CCOc1ccccc1C(=O)N1CCC(C(=O)c2ccc3c(c2)OCCO3)CC1. The van der Waals surface area contributed by atoms with Gasteiger partial charge in [-0.25, -0.2) is 0 Å². The van der Waals surface area contributed by atoms with Gasteiger partial charge in [-0.15, -0.1) is 0 Å². The van der Waals surface area contributed by atoms with Crippen LogP contribution in [-0.2, 0) is 0 Å². The number of carbonyl (C=O) groups is 2. The fourth-order valence-electron chi connectivity index (χ4n) is 3.87. The first kappa shape index (κ1) is 19.3. The van der Waals surface area contributed by atoms with Gasteiger partial charge in [-0.1, -0.05) is 12.1 Å². The molecule has 1 amide bonds. The molecule has 0 unspecified atom stereocenters. The largest absolute Gasteiger partial charge is 0.493 e. The van der Waals surface area contributed by atoms with E-state index in [1.54, 1.807) is 24.3 Å². The first-order valence-electron chi connectivity index (χ1n) is 10.1. The normalized spacial score (nSPS) is 16.4. The second-order valence-electron chi connectivity index (χ2n) is 7.22. The molecule has 152 valence electrons. The second kappa shape index (κ2) is 8.55. The number of Topliss-reactive ketones (excluding diaryl/α,β-unsaturated/α-hetero) is 1. The van der Waals surface area contributed by atoms with E-state index in [1.807, 2.05) is 30.0 Å². The molecule has 2 aromatic rings. The Labute approximate surface area is 170 Å². The lowest BCUT2D eigenvalue weighted by Gasteiger charge is -2.32. The molecule has 0 radical (unpaired) electrons. The summed E-state index contributed by atoms with van der Waals surface area (Å²) in [6.45, 7) is 4.54. The number of piperidine rings is 1. The fourth-order valence-corrected chi connectivity index (χ4v) is 3.87. The highest BCUT2D eigenvalue weighted by Gasteiger charge is 2.30. The Morgan fingerprint density at radius 3 is 2.52 bits per heavy atom. The molecule has 6 nitrogen and oxygen atoms in total. The molecular formula is C23H25NO5. The number of rotatable bonds is 5. The molecule has 2 aliphatic heterocycles. The third-order valence-corrected chi connectivity index (χ3v) is 5.40. The summed E-state index contributed by atoms with van der Waals surface area (Å²) < 4.78 is 16.7. The zero-order valence-electron chi connectivity index (χ0n) is 16.6. The zero-order chi connectivity index (χ0) is 20.2. The predicted molar refractivity (Wildman–Crippen MR) is 108 cm³/mol. The average molecular weight is 395 g/mol. The molecule has 0 saturated carbocycles. The number of para-hydroxylation sites is 1. The highest BCUT2D eigenvalue weighted by atomic mass is 16.6. The summed E-state index contributed by atoms with van der Waals surface area (Å²) in [5.74, 6) is 1.88. The molecule has 1 fully saturated rings. The molecule has 0 aromatic heterocycles. The molecule has 2 aliphatic rings. The van der Waals surface area contributed by atoms with Gasteiger partial charge >= 0.3 is 0 Å². The van der Waals surface area contributed by atoms with Gasteiger partial charge < -0.3 is 19.1 Å². The number of ketones is 1. The number of benzene rings is 2. The minimum atomic E-state index is -0.0938. The van der Waals surface area contributed by atoms with Crippen LogP contribution in [0.1, 0.15) is 40.5 Å². The summed E-state index contributed by atoms with van der Waals surface area (Å²) in [4.78, 5) is 27.7. The van der Waals surface area contributed by atoms with Gasteiger partial charge in [-0.05, 0) is 50.1 Å². The third kappa shape index (κ3) is 4.06. The van der Waals surface area contributed by atoms with Gasteiger partial charge in [0.25, 0.3) is 5.91 Å². The van der Waals surface area contributed by atoms with Crippen molar-refractivity contribution in [3.63, 3.8) is 0 Å². The summed E-state index contributed by atoms with van der Waals surface area (Å²) >= 11 is 0. The Bertz CT molecular complexity index is 902. The van der Waals surface area contributed by atoms with Gasteiger partial charge in [0.05, 0.1) is 12.2 Å². The molecule has 0 bridgehead atoms. The zero-order valence-corrected chi connectivity index (χ0v) is 16.6. The van der Waals surface area contributed by atoms with Crippen LogP contribution in [0.2, 0.25) is 0 Å². The maximum absolute atomic E-state index is 13.0. The van der Waals surface area contributed by atoms with E-state index in [2.05, 4.69) is 0 Å². The van der Waals surface area contributed by atoms with Gasteiger partial charge in [-0.3, -0.25) is 9.59 Å². The minimum Gasteiger partial charge on any atom is -0.493 e. The highest BCUT2D eigenvalue weighted by Crippen LogP contribution is 2.33. The minimum absolute atomic E-state index is 0.0423. The Morgan fingerprint density at radius 2 is 1.76 bits per heavy atom. The third-order valence-electron chi connectivity index (χ3n) is 5.40. The lowest BCUT2D eigenvalue weighted by atomic mass is 9.88. The molecule has 4 rings (SSSR count). The molecule has 29 heavy (non-hydrogen) atoms. The number of nitrogens with zero attached hydrogens (tertiary/aromatic N) is 1. The maximum atomic E-state index is 13.0. The van der Waals surface area contributed by atoms with Gasteiger partial charge in [0, 0.05) is 24.6 Å². The molecule has 1 saturated heterocycles. The van der Waals surface area contributed by atoms with Crippen LogP contribution in [0, 0.1) is 5.92 Å². The molecule has 0 spiro atoms. The molecule has 6 heteroatoms. The number of carbonyl (C=O) groups excluding carboxylic acids is 2. The molecule has 0 aliphatic carbocycles. The summed E-state index contributed by atoms with van der Waals surface area (Å²) in [5, 5.41) is 0. The standard InChI is InChI=1S/C23H25NO5/c1-2-27-19-6-4-3-5-18(19)23(26)24-11-9-16(10-12-24)22(25)17-7-8-20-21(15-17)29-14-13-28-20/h3-8,15-16H,2,9-14H2,1H3. The Balaban J connectivity index is 1.40. The second-order valence-corrected chi connectivity index (χ2v) is 7.22. The predicted octanol–water partition coefficient (Wildman–Crippen LogP) is 3.59. The maximum Gasteiger partial charge on any atom is 0.257 e. The number of hydrogen-bond donors (Lipinski definition) is 0. The van der Waals surface area contributed by atoms with E-state index in [-0.39, 0.29) is 17.6 Å². The van der Waals surface area contributed by atoms with Gasteiger partial charge in [0.15, 0.2) is 17.3 Å². The van der Waals surface area contributed by atoms with E-state index in [4.69, 9.17) is 14.2 Å². The van der Waals surface area contributed by atoms with Crippen molar-refractivity contribution in [3.05, 3.63) is 53.6 Å². The smallest absolute Gasteiger partial charge is 0.257 e. The van der Waals surface area contributed by atoms with E-state index < -0.39 is 0 Å². The van der Waals surface area contributed by atoms with E-state index in [1.165, 1.54) is 0 Å². The number of fused-ring (bicyclic) bond motifs is 1. The van der Waals surface area contributed by atoms with E-state index in [0.29, 0.717) is 74.1 Å². The van der Waals surface area contributed by atoms with Crippen LogP contribution in [0.25, 0.3) is 0 Å². The summed E-state index contributed by atoms with van der Waals surface area (Å²) in [5.41, 5.74) is 1.21. The van der Waals surface area contributed by atoms with Crippen molar-refractivity contribution in [2.75, 3.05) is 32.9 Å². The van der Waals surface area contributed by atoms with E-state index >= 15 is 0 Å². The van der Waals surface area contributed by atoms with Crippen LogP contribution in [0.4, 0.5) is 0 Å². The van der Waals surface area contributed by atoms with Crippen LogP contribution in [0.5, 0.6) is 17.2 Å². The molecule has 0 atom stereocenters. The lowest BCUT2D eigenvalue weighted by molar-refractivity contribution is 0.0646. The first-order valence-corrected chi connectivity index (χ1v) is 10.1. The van der Waals surface area contributed by atoms with Crippen molar-refractivity contribution < 1.29 is 23.8 Å². The van der Waals surface area contributed by atoms with Crippen LogP contribution >= 0.6 is 0 Å². The summed E-state index contributed by atoms with van der Waals surface area (Å²) in [6.07, 6.45) is 1.30. The number of amides is 1. The molecule has 2 heterocycles. The van der Waals surface area contributed by atoms with E-state index in [0.717, 1.165) is 0 Å². The highest BCUT2D eigenvalue weighted by molar-refractivity contribution is 5.99. The van der Waals surface area contributed by atoms with Crippen molar-refractivity contribution >= 4 is 11.7 Å². The van der Waals surface area contributed by atoms with Crippen LogP contribution in [-0.4, -0.2) is 49.5 Å².